The Balaban J connectivity index is 3.29. The number of rotatable bonds is 2. The minimum Gasteiger partial charge on any atom is -0.480 e. The van der Waals surface area contributed by atoms with Gasteiger partial charge < -0.3 is 10.8 Å². The van der Waals surface area contributed by atoms with Crippen LogP contribution in [0.25, 0.3) is 0 Å². The zero-order valence-corrected chi connectivity index (χ0v) is 8.02. The number of aliphatic carboxylic acids is 1. The number of pyridine rings is 1. The van der Waals surface area contributed by atoms with Crippen molar-refractivity contribution in [1.82, 2.24) is 4.57 Å². The topological polar surface area (TPSA) is 85.3 Å². The second kappa shape index (κ2) is 3.53. The summed E-state index contributed by atoms with van der Waals surface area (Å²) in [6, 6.07) is 0.430. The smallest absolute Gasteiger partial charge is 0.326 e. The Kier molecular flexibility index (Phi) is 2.60. The molecule has 0 aliphatic heterocycles. The molecule has 5 heteroatoms. The summed E-state index contributed by atoms with van der Waals surface area (Å²) in [7, 11) is 0. The maximum absolute atomic E-state index is 11.4. The first-order valence-electron chi connectivity index (χ1n) is 4.14. The first-order chi connectivity index (χ1) is 6.43. The fourth-order valence-corrected chi connectivity index (χ4v) is 1.08. The highest BCUT2D eigenvalue weighted by Gasteiger charge is 2.14. The van der Waals surface area contributed by atoms with Crippen molar-refractivity contribution < 1.29 is 9.90 Å². The molecule has 5 nitrogen and oxygen atoms in total. The Hall–Kier alpha value is -1.78. The Bertz CT molecular complexity index is 423. The van der Waals surface area contributed by atoms with Gasteiger partial charge in [0, 0.05) is 12.3 Å². The molecule has 0 bridgehead atoms. The van der Waals surface area contributed by atoms with Gasteiger partial charge in [0.15, 0.2) is 0 Å². The molecule has 0 aliphatic carbocycles. The zero-order valence-electron chi connectivity index (χ0n) is 8.02. The number of aryl methyl sites for hydroxylation is 1. The van der Waals surface area contributed by atoms with E-state index in [0.717, 1.165) is 4.57 Å². The molecule has 0 saturated carbocycles. The fraction of sp³-hybridized carbons (Fsp3) is 0.333. The van der Waals surface area contributed by atoms with Gasteiger partial charge in [0.2, 0.25) is 0 Å². The Labute approximate surface area is 80.8 Å². The van der Waals surface area contributed by atoms with Gasteiger partial charge in [-0.3, -0.25) is 9.36 Å². The number of nitrogens with two attached hydrogens (primary N) is 1. The summed E-state index contributed by atoms with van der Waals surface area (Å²) in [6.07, 6.45) is 1.36. The van der Waals surface area contributed by atoms with Crippen LogP contribution in [0.4, 0.5) is 5.69 Å². The molecular formula is C9H12N2O3. The lowest BCUT2D eigenvalue weighted by Gasteiger charge is -2.11. The third kappa shape index (κ3) is 1.76. The molecule has 1 heterocycles. The number of carboxylic acid groups (broad SMARTS) is 1. The van der Waals surface area contributed by atoms with E-state index in [2.05, 4.69) is 0 Å². The first kappa shape index (κ1) is 10.3. The molecule has 0 fully saturated rings. The summed E-state index contributed by atoms with van der Waals surface area (Å²) in [6.45, 7) is 3.13. The number of carbonyl (C=O) groups is 1. The van der Waals surface area contributed by atoms with Crippen molar-refractivity contribution in [2.45, 2.75) is 19.9 Å². The Morgan fingerprint density at radius 3 is 2.71 bits per heavy atom. The molecule has 1 aromatic rings. The molecule has 14 heavy (non-hydrogen) atoms. The highest BCUT2D eigenvalue weighted by molar-refractivity contribution is 5.71. The highest BCUT2D eigenvalue weighted by Crippen LogP contribution is 2.09. The Morgan fingerprint density at radius 2 is 2.21 bits per heavy atom. The molecule has 0 spiro atoms. The van der Waals surface area contributed by atoms with E-state index < -0.39 is 12.0 Å². The molecule has 1 aromatic heterocycles. The molecule has 1 rings (SSSR count). The van der Waals surface area contributed by atoms with Crippen molar-refractivity contribution in [3.63, 3.8) is 0 Å². The predicted molar refractivity (Wildman–Crippen MR) is 52.2 cm³/mol. The van der Waals surface area contributed by atoms with Crippen LogP contribution in [0.2, 0.25) is 0 Å². The molecule has 0 aliphatic rings. The van der Waals surface area contributed by atoms with Gasteiger partial charge in [-0.15, -0.1) is 0 Å². The highest BCUT2D eigenvalue weighted by atomic mass is 16.4. The summed E-state index contributed by atoms with van der Waals surface area (Å²) in [5.41, 5.74) is 6.29. The normalized spacial score (nSPS) is 12.4. The molecule has 1 unspecified atom stereocenters. The summed E-state index contributed by atoms with van der Waals surface area (Å²) < 4.78 is 1.10. The van der Waals surface area contributed by atoms with Gasteiger partial charge in [0.25, 0.3) is 5.56 Å². The molecular weight excluding hydrogens is 184 g/mol. The van der Waals surface area contributed by atoms with Crippen molar-refractivity contribution >= 4 is 11.7 Å². The molecule has 0 aromatic carbocycles. The average Bonchev–Trinajstić information content (AvgIpc) is 2.10. The van der Waals surface area contributed by atoms with E-state index in [1.54, 1.807) is 6.92 Å². The molecule has 76 valence electrons. The first-order valence-corrected chi connectivity index (χ1v) is 4.14. The molecule has 0 radical (unpaired) electrons. The van der Waals surface area contributed by atoms with Gasteiger partial charge >= 0.3 is 5.97 Å². The van der Waals surface area contributed by atoms with E-state index in [0.29, 0.717) is 11.3 Å². The van der Waals surface area contributed by atoms with Crippen molar-refractivity contribution in [3.8, 4) is 0 Å². The second-order valence-electron chi connectivity index (χ2n) is 3.17. The summed E-state index contributed by atoms with van der Waals surface area (Å²) >= 11 is 0. The lowest BCUT2D eigenvalue weighted by atomic mass is 10.2. The van der Waals surface area contributed by atoms with E-state index in [1.807, 2.05) is 0 Å². The number of nitrogens with zero attached hydrogens (tertiary/aromatic N) is 1. The van der Waals surface area contributed by atoms with Gasteiger partial charge in [-0.2, -0.15) is 0 Å². The van der Waals surface area contributed by atoms with Gasteiger partial charge in [-0.05, 0) is 19.4 Å². The Morgan fingerprint density at radius 1 is 1.64 bits per heavy atom. The van der Waals surface area contributed by atoms with E-state index in [-0.39, 0.29) is 5.56 Å². The SMILES string of the molecule is Cc1cc(=O)n(C(C)C(=O)O)cc1N. The maximum atomic E-state index is 11.4. The van der Waals surface area contributed by atoms with Crippen LogP contribution in [0.3, 0.4) is 0 Å². The molecule has 3 N–H and O–H groups in total. The third-order valence-electron chi connectivity index (χ3n) is 2.10. The van der Waals surface area contributed by atoms with Crippen molar-refractivity contribution in [2.24, 2.45) is 0 Å². The number of aromatic nitrogens is 1. The fourth-order valence-electron chi connectivity index (χ4n) is 1.08. The number of hydrogen-bond acceptors (Lipinski definition) is 3. The lowest BCUT2D eigenvalue weighted by molar-refractivity contribution is -0.140. The molecule has 0 amide bonds. The van der Waals surface area contributed by atoms with Crippen LogP contribution in [0.5, 0.6) is 0 Å². The van der Waals surface area contributed by atoms with Gasteiger partial charge in [0.1, 0.15) is 6.04 Å². The second-order valence-corrected chi connectivity index (χ2v) is 3.17. The van der Waals surface area contributed by atoms with E-state index in [9.17, 15) is 9.59 Å². The minimum absolute atomic E-state index is 0.355. The van der Waals surface area contributed by atoms with Crippen molar-refractivity contribution in [3.05, 3.63) is 28.2 Å². The predicted octanol–water partition coefficient (Wildman–Crippen LogP) is 0.385. The number of carboxylic acids is 1. The standard InChI is InChI=1S/C9H12N2O3/c1-5-3-8(12)11(4-7(5)10)6(2)9(13)14/h3-4,6H,10H2,1-2H3,(H,13,14). The number of nitrogen functional groups attached to an aromatic ring is 1. The van der Waals surface area contributed by atoms with E-state index >= 15 is 0 Å². The quantitative estimate of drug-likeness (QED) is 0.716. The zero-order chi connectivity index (χ0) is 10.9. The van der Waals surface area contributed by atoms with Crippen molar-refractivity contribution in [2.75, 3.05) is 5.73 Å². The van der Waals surface area contributed by atoms with E-state index in [4.69, 9.17) is 10.8 Å². The minimum atomic E-state index is -1.06. The van der Waals surface area contributed by atoms with Gasteiger partial charge in [-0.1, -0.05) is 0 Å². The number of hydrogen-bond donors (Lipinski definition) is 2. The molecule has 0 saturated heterocycles. The van der Waals surface area contributed by atoms with Crippen molar-refractivity contribution in [1.29, 1.82) is 0 Å². The van der Waals surface area contributed by atoms with Crippen LogP contribution < -0.4 is 11.3 Å². The van der Waals surface area contributed by atoms with Crippen LogP contribution in [-0.4, -0.2) is 15.6 Å². The summed E-state index contributed by atoms with van der Waals surface area (Å²) in [4.78, 5) is 22.0. The van der Waals surface area contributed by atoms with Crippen LogP contribution in [-0.2, 0) is 4.79 Å². The third-order valence-corrected chi connectivity index (χ3v) is 2.10. The van der Waals surface area contributed by atoms with Crippen LogP contribution >= 0.6 is 0 Å². The number of anilines is 1. The monoisotopic (exact) mass is 196 g/mol. The van der Waals surface area contributed by atoms with Gasteiger partial charge in [-0.25, -0.2) is 4.79 Å². The lowest BCUT2D eigenvalue weighted by Crippen LogP contribution is -2.27. The van der Waals surface area contributed by atoms with Crippen LogP contribution in [0.1, 0.15) is 18.5 Å². The van der Waals surface area contributed by atoms with Gasteiger partial charge in [0.05, 0.1) is 5.69 Å². The summed E-state index contributed by atoms with van der Waals surface area (Å²) in [5, 5.41) is 8.72. The van der Waals surface area contributed by atoms with Crippen LogP contribution in [0.15, 0.2) is 17.1 Å². The maximum Gasteiger partial charge on any atom is 0.326 e. The van der Waals surface area contributed by atoms with Crippen LogP contribution in [0, 0.1) is 6.92 Å². The summed E-state index contributed by atoms with van der Waals surface area (Å²) in [5.74, 6) is -1.06. The average molecular weight is 196 g/mol. The largest absolute Gasteiger partial charge is 0.480 e. The van der Waals surface area contributed by atoms with E-state index in [1.165, 1.54) is 19.2 Å². The molecule has 1 atom stereocenters.